The molecule has 19 heavy (non-hydrogen) atoms. The summed E-state index contributed by atoms with van der Waals surface area (Å²) in [6.45, 7) is 6.24. The van der Waals surface area contributed by atoms with E-state index < -0.39 is 0 Å². The minimum Gasteiger partial charge on any atom is -0.313 e. The van der Waals surface area contributed by atoms with Crippen molar-refractivity contribution in [1.29, 1.82) is 0 Å². The number of aryl methyl sites for hydroxylation is 3. The van der Waals surface area contributed by atoms with Crippen LogP contribution in [0.15, 0.2) is 36.4 Å². The Morgan fingerprint density at radius 2 is 1.68 bits per heavy atom. The van der Waals surface area contributed by atoms with E-state index in [1.54, 1.807) is 0 Å². The van der Waals surface area contributed by atoms with Crippen LogP contribution in [-0.4, -0.2) is 12.0 Å². The molecule has 0 saturated heterocycles. The van der Waals surface area contributed by atoms with Gasteiger partial charge in [-0.15, -0.1) is 0 Å². The van der Waals surface area contributed by atoms with Crippen LogP contribution >= 0.6 is 0 Å². The second-order valence-electron chi connectivity index (χ2n) is 5.16. The summed E-state index contributed by atoms with van der Waals surface area (Å²) in [6.07, 6.45) is 0.988. The van der Waals surface area contributed by atoms with Crippen LogP contribution in [0.25, 0.3) is 0 Å². The maximum atomic E-state index is 4.56. The normalized spacial score (nSPS) is 12.4. The van der Waals surface area contributed by atoms with Gasteiger partial charge in [-0.3, -0.25) is 4.98 Å². The van der Waals surface area contributed by atoms with Crippen LogP contribution in [0.1, 0.15) is 34.1 Å². The zero-order valence-electron chi connectivity index (χ0n) is 12.2. The monoisotopic (exact) mass is 254 g/mol. The van der Waals surface area contributed by atoms with Gasteiger partial charge in [-0.25, -0.2) is 0 Å². The molecule has 0 aliphatic carbocycles. The minimum atomic E-state index is 0.316. The first-order valence-corrected chi connectivity index (χ1v) is 6.77. The van der Waals surface area contributed by atoms with Gasteiger partial charge in [0.1, 0.15) is 0 Å². The predicted molar refractivity (Wildman–Crippen MR) is 80.4 cm³/mol. The Kier molecular flexibility index (Phi) is 4.33. The Morgan fingerprint density at radius 1 is 1.00 bits per heavy atom. The zero-order valence-corrected chi connectivity index (χ0v) is 12.2. The van der Waals surface area contributed by atoms with Gasteiger partial charge < -0.3 is 5.32 Å². The maximum Gasteiger partial charge on any atom is 0.0423 e. The topological polar surface area (TPSA) is 24.9 Å². The predicted octanol–water partition coefficient (Wildman–Crippen LogP) is 3.51. The molecule has 2 heteroatoms. The third-order valence-electron chi connectivity index (χ3n) is 3.55. The van der Waals surface area contributed by atoms with Gasteiger partial charge in [0.15, 0.2) is 0 Å². The van der Waals surface area contributed by atoms with Gasteiger partial charge in [0.25, 0.3) is 0 Å². The second-order valence-corrected chi connectivity index (χ2v) is 5.16. The van der Waals surface area contributed by atoms with Crippen molar-refractivity contribution < 1.29 is 0 Å². The number of nitrogens with one attached hydrogen (secondary N) is 1. The van der Waals surface area contributed by atoms with Gasteiger partial charge in [-0.2, -0.15) is 0 Å². The first kappa shape index (κ1) is 13.8. The third-order valence-corrected chi connectivity index (χ3v) is 3.55. The van der Waals surface area contributed by atoms with Crippen LogP contribution in [0.4, 0.5) is 0 Å². The molecular formula is C17H22N2. The lowest BCUT2D eigenvalue weighted by molar-refractivity contribution is 0.585. The number of hydrogen-bond acceptors (Lipinski definition) is 2. The lowest BCUT2D eigenvalue weighted by atomic mass is 9.97. The largest absolute Gasteiger partial charge is 0.313 e. The Hall–Kier alpha value is -1.67. The van der Waals surface area contributed by atoms with Crippen molar-refractivity contribution in [3.8, 4) is 0 Å². The SMILES string of the molecule is CNC(Cc1ccc(C)cc1)c1ccc(C)nc1C. The lowest BCUT2D eigenvalue weighted by Gasteiger charge is -2.19. The molecule has 100 valence electrons. The highest BCUT2D eigenvalue weighted by molar-refractivity contribution is 5.29. The molecule has 1 N–H and O–H groups in total. The van der Waals surface area contributed by atoms with Crippen molar-refractivity contribution in [1.82, 2.24) is 10.3 Å². The smallest absolute Gasteiger partial charge is 0.0423 e. The summed E-state index contributed by atoms with van der Waals surface area (Å²) in [5.74, 6) is 0. The summed E-state index contributed by atoms with van der Waals surface area (Å²) in [5.41, 5.74) is 6.13. The van der Waals surface area contributed by atoms with Crippen LogP contribution in [0.2, 0.25) is 0 Å². The average molecular weight is 254 g/mol. The molecule has 0 bridgehead atoms. The second kappa shape index (κ2) is 5.98. The Labute approximate surface area is 115 Å². The molecule has 0 radical (unpaired) electrons. The quantitative estimate of drug-likeness (QED) is 0.903. The number of benzene rings is 1. The summed E-state index contributed by atoms with van der Waals surface area (Å²) < 4.78 is 0. The lowest BCUT2D eigenvalue weighted by Crippen LogP contribution is -2.20. The fourth-order valence-corrected chi connectivity index (χ4v) is 2.39. The summed E-state index contributed by atoms with van der Waals surface area (Å²) in [6, 6.07) is 13.3. The van der Waals surface area contributed by atoms with E-state index in [-0.39, 0.29) is 0 Å². The minimum absolute atomic E-state index is 0.316. The van der Waals surface area contributed by atoms with Gasteiger partial charge in [-0.1, -0.05) is 35.9 Å². The third kappa shape index (κ3) is 3.42. The summed E-state index contributed by atoms with van der Waals surface area (Å²) in [5, 5.41) is 3.40. The highest BCUT2D eigenvalue weighted by Crippen LogP contribution is 2.21. The molecule has 0 aliphatic rings. The number of rotatable bonds is 4. The van der Waals surface area contributed by atoms with Crippen LogP contribution in [-0.2, 0) is 6.42 Å². The molecule has 0 fully saturated rings. The number of pyridine rings is 1. The van der Waals surface area contributed by atoms with Gasteiger partial charge in [0, 0.05) is 17.4 Å². The van der Waals surface area contributed by atoms with Crippen molar-refractivity contribution in [2.45, 2.75) is 33.2 Å². The van der Waals surface area contributed by atoms with E-state index in [1.807, 2.05) is 14.0 Å². The van der Waals surface area contributed by atoms with Crippen LogP contribution in [0, 0.1) is 20.8 Å². The van der Waals surface area contributed by atoms with Crippen molar-refractivity contribution in [3.05, 3.63) is 64.5 Å². The summed E-state index contributed by atoms with van der Waals surface area (Å²) in [4.78, 5) is 4.56. The number of likely N-dealkylation sites (N-methyl/N-ethyl adjacent to an activating group) is 1. The molecule has 1 aromatic carbocycles. The average Bonchev–Trinajstić information content (AvgIpc) is 2.39. The van der Waals surface area contributed by atoms with Gasteiger partial charge in [0.05, 0.1) is 0 Å². The maximum absolute atomic E-state index is 4.56. The molecule has 0 amide bonds. The van der Waals surface area contributed by atoms with Crippen LogP contribution < -0.4 is 5.32 Å². The standard InChI is InChI=1S/C17H22N2/c1-12-5-8-15(9-6-12)11-17(18-4)16-10-7-13(2)19-14(16)3/h5-10,17-18H,11H2,1-4H3. The molecule has 1 unspecified atom stereocenters. The molecule has 2 rings (SSSR count). The van der Waals surface area contributed by atoms with Crippen LogP contribution in [0.3, 0.4) is 0 Å². The Balaban J connectivity index is 2.22. The fraction of sp³-hybridized carbons (Fsp3) is 0.353. The first-order chi connectivity index (χ1) is 9.10. The molecule has 0 aliphatic heterocycles. The Bertz CT molecular complexity index is 544. The van der Waals surface area contributed by atoms with E-state index in [1.165, 1.54) is 16.7 Å². The number of hydrogen-bond donors (Lipinski definition) is 1. The van der Waals surface area contributed by atoms with E-state index in [9.17, 15) is 0 Å². The molecule has 1 heterocycles. The van der Waals surface area contributed by atoms with Crippen LogP contribution in [0.5, 0.6) is 0 Å². The van der Waals surface area contributed by atoms with Crippen molar-refractivity contribution in [2.75, 3.05) is 7.05 Å². The zero-order chi connectivity index (χ0) is 13.8. The molecule has 1 atom stereocenters. The van der Waals surface area contributed by atoms with E-state index in [2.05, 4.69) is 60.5 Å². The molecule has 0 saturated carbocycles. The molecular weight excluding hydrogens is 232 g/mol. The highest BCUT2D eigenvalue weighted by atomic mass is 14.9. The van der Waals surface area contributed by atoms with E-state index in [0.717, 1.165) is 17.8 Å². The number of nitrogens with zero attached hydrogens (tertiary/aromatic N) is 1. The number of aromatic nitrogens is 1. The van der Waals surface area contributed by atoms with Crippen molar-refractivity contribution in [2.24, 2.45) is 0 Å². The van der Waals surface area contributed by atoms with E-state index >= 15 is 0 Å². The highest BCUT2D eigenvalue weighted by Gasteiger charge is 2.13. The first-order valence-electron chi connectivity index (χ1n) is 6.77. The summed E-state index contributed by atoms with van der Waals surface area (Å²) in [7, 11) is 2.01. The molecule has 2 aromatic rings. The van der Waals surface area contributed by atoms with Crippen molar-refractivity contribution >= 4 is 0 Å². The van der Waals surface area contributed by atoms with E-state index in [0.29, 0.717) is 6.04 Å². The molecule has 0 spiro atoms. The van der Waals surface area contributed by atoms with Gasteiger partial charge in [-0.05, 0) is 51.4 Å². The molecule has 1 aromatic heterocycles. The Morgan fingerprint density at radius 3 is 2.26 bits per heavy atom. The van der Waals surface area contributed by atoms with Gasteiger partial charge in [0.2, 0.25) is 0 Å². The fourth-order valence-electron chi connectivity index (χ4n) is 2.39. The summed E-state index contributed by atoms with van der Waals surface area (Å²) >= 11 is 0. The van der Waals surface area contributed by atoms with E-state index in [4.69, 9.17) is 0 Å². The molecule has 2 nitrogen and oxygen atoms in total. The van der Waals surface area contributed by atoms with Gasteiger partial charge >= 0.3 is 0 Å². The van der Waals surface area contributed by atoms with Crippen molar-refractivity contribution in [3.63, 3.8) is 0 Å².